The average molecular weight is 272 g/mol. The van der Waals surface area contributed by atoms with Crippen molar-refractivity contribution in [3.05, 3.63) is 0 Å². The van der Waals surface area contributed by atoms with Gasteiger partial charge in [0.25, 0.3) is 0 Å². The van der Waals surface area contributed by atoms with E-state index in [9.17, 15) is 9.59 Å². The Hall–Kier alpha value is -1.06. The fraction of sp³-hybridized carbons (Fsp3) is 0.867. The standard InChI is InChI=1S/C15H28O4/c1-3-5-9-13(15(17)18)10-7-8-11-14(16)19-12-6-4-2/h13H,3-12H2,1-2H3,(H,17,18). The molecule has 0 spiro atoms. The van der Waals surface area contributed by atoms with Crippen molar-refractivity contribution in [2.24, 2.45) is 5.92 Å². The van der Waals surface area contributed by atoms with Crippen LogP contribution in [0.1, 0.15) is 71.6 Å². The van der Waals surface area contributed by atoms with Crippen LogP contribution in [0.4, 0.5) is 0 Å². The van der Waals surface area contributed by atoms with Crippen LogP contribution < -0.4 is 0 Å². The van der Waals surface area contributed by atoms with E-state index in [1.54, 1.807) is 0 Å². The fourth-order valence-electron chi connectivity index (χ4n) is 1.90. The molecular formula is C15H28O4. The monoisotopic (exact) mass is 272 g/mol. The van der Waals surface area contributed by atoms with E-state index < -0.39 is 5.97 Å². The van der Waals surface area contributed by atoms with Gasteiger partial charge in [-0.1, -0.05) is 39.5 Å². The third-order valence-electron chi connectivity index (χ3n) is 3.20. The lowest BCUT2D eigenvalue weighted by atomic mass is 9.96. The van der Waals surface area contributed by atoms with Gasteiger partial charge in [-0.25, -0.2) is 0 Å². The highest BCUT2D eigenvalue weighted by atomic mass is 16.5. The first-order valence-corrected chi connectivity index (χ1v) is 7.50. The van der Waals surface area contributed by atoms with Crippen molar-refractivity contribution in [2.45, 2.75) is 71.6 Å². The van der Waals surface area contributed by atoms with E-state index in [0.717, 1.165) is 44.9 Å². The molecule has 0 rings (SSSR count). The van der Waals surface area contributed by atoms with Crippen molar-refractivity contribution >= 4 is 11.9 Å². The van der Waals surface area contributed by atoms with E-state index in [1.165, 1.54) is 0 Å². The second kappa shape index (κ2) is 12.0. The minimum Gasteiger partial charge on any atom is -0.481 e. The maximum atomic E-state index is 11.3. The second-order valence-electron chi connectivity index (χ2n) is 5.00. The van der Waals surface area contributed by atoms with Gasteiger partial charge in [-0.3, -0.25) is 9.59 Å². The van der Waals surface area contributed by atoms with Crippen LogP contribution in [0, 0.1) is 5.92 Å². The SMILES string of the molecule is CCCCOC(=O)CCCCC(CCCC)C(=O)O. The lowest BCUT2D eigenvalue weighted by Gasteiger charge is -2.11. The maximum Gasteiger partial charge on any atom is 0.306 e. The van der Waals surface area contributed by atoms with Gasteiger partial charge in [0.1, 0.15) is 0 Å². The third kappa shape index (κ3) is 10.5. The van der Waals surface area contributed by atoms with Crippen LogP contribution in [0.5, 0.6) is 0 Å². The van der Waals surface area contributed by atoms with E-state index >= 15 is 0 Å². The molecule has 112 valence electrons. The Morgan fingerprint density at radius 1 is 1.00 bits per heavy atom. The molecule has 0 aromatic rings. The van der Waals surface area contributed by atoms with E-state index in [0.29, 0.717) is 19.4 Å². The number of carbonyl (C=O) groups excluding carboxylic acids is 1. The highest BCUT2D eigenvalue weighted by Gasteiger charge is 2.16. The Morgan fingerprint density at radius 2 is 1.63 bits per heavy atom. The summed E-state index contributed by atoms with van der Waals surface area (Å²) >= 11 is 0. The molecule has 1 N–H and O–H groups in total. The number of carboxylic acids is 1. The summed E-state index contributed by atoms with van der Waals surface area (Å²) in [7, 11) is 0. The first-order chi connectivity index (χ1) is 9.11. The largest absolute Gasteiger partial charge is 0.481 e. The molecule has 0 saturated carbocycles. The van der Waals surface area contributed by atoms with Crippen LogP contribution in [0.2, 0.25) is 0 Å². The molecule has 0 aliphatic carbocycles. The summed E-state index contributed by atoms with van der Waals surface area (Å²) in [6.45, 7) is 4.62. The highest BCUT2D eigenvalue weighted by molar-refractivity contribution is 5.70. The Morgan fingerprint density at radius 3 is 2.21 bits per heavy atom. The van der Waals surface area contributed by atoms with Gasteiger partial charge in [0, 0.05) is 6.42 Å². The van der Waals surface area contributed by atoms with Crippen LogP contribution in [-0.2, 0) is 14.3 Å². The summed E-state index contributed by atoms with van der Waals surface area (Å²) in [5.74, 6) is -1.12. The number of ether oxygens (including phenoxy) is 1. The number of hydrogen-bond acceptors (Lipinski definition) is 3. The molecule has 0 fully saturated rings. The van der Waals surface area contributed by atoms with Gasteiger partial charge < -0.3 is 9.84 Å². The molecule has 0 aromatic heterocycles. The Labute approximate surface area is 116 Å². The van der Waals surface area contributed by atoms with Gasteiger partial charge in [-0.05, 0) is 25.7 Å². The van der Waals surface area contributed by atoms with E-state index in [1.807, 2.05) is 0 Å². The number of aliphatic carboxylic acids is 1. The smallest absolute Gasteiger partial charge is 0.306 e. The molecule has 0 saturated heterocycles. The molecule has 0 radical (unpaired) electrons. The molecule has 4 heteroatoms. The Kier molecular flexibility index (Phi) is 11.3. The quantitative estimate of drug-likeness (QED) is 0.434. The highest BCUT2D eigenvalue weighted by Crippen LogP contribution is 2.17. The van der Waals surface area contributed by atoms with Crippen molar-refractivity contribution in [2.75, 3.05) is 6.61 Å². The first kappa shape index (κ1) is 17.9. The van der Waals surface area contributed by atoms with Crippen molar-refractivity contribution in [1.82, 2.24) is 0 Å². The van der Waals surface area contributed by atoms with Crippen LogP contribution in [0.15, 0.2) is 0 Å². The van der Waals surface area contributed by atoms with E-state index in [-0.39, 0.29) is 11.9 Å². The summed E-state index contributed by atoms with van der Waals surface area (Å²) in [5, 5.41) is 9.06. The zero-order valence-corrected chi connectivity index (χ0v) is 12.3. The number of carbonyl (C=O) groups is 2. The van der Waals surface area contributed by atoms with Crippen LogP contribution in [0.3, 0.4) is 0 Å². The summed E-state index contributed by atoms with van der Waals surface area (Å²) in [4.78, 5) is 22.3. The van der Waals surface area contributed by atoms with Crippen molar-refractivity contribution < 1.29 is 19.4 Å². The lowest BCUT2D eigenvalue weighted by Crippen LogP contribution is -2.14. The zero-order valence-electron chi connectivity index (χ0n) is 12.3. The molecule has 0 aromatic carbocycles. The molecule has 1 atom stereocenters. The molecule has 0 bridgehead atoms. The summed E-state index contributed by atoms with van der Waals surface area (Å²) in [6.07, 6.45) is 7.22. The van der Waals surface area contributed by atoms with E-state index in [2.05, 4.69) is 13.8 Å². The lowest BCUT2D eigenvalue weighted by molar-refractivity contribution is -0.143. The fourth-order valence-corrected chi connectivity index (χ4v) is 1.90. The normalized spacial score (nSPS) is 12.1. The van der Waals surface area contributed by atoms with Crippen LogP contribution >= 0.6 is 0 Å². The molecule has 0 amide bonds. The number of esters is 1. The van der Waals surface area contributed by atoms with Gasteiger partial charge in [-0.15, -0.1) is 0 Å². The Balaban J connectivity index is 3.64. The summed E-state index contributed by atoms with van der Waals surface area (Å²) in [6, 6.07) is 0. The zero-order chi connectivity index (χ0) is 14.5. The molecule has 1 unspecified atom stereocenters. The van der Waals surface area contributed by atoms with Gasteiger partial charge >= 0.3 is 11.9 Å². The second-order valence-corrected chi connectivity index (χ2v) is 5.00. The average Bonchev–Trinajstić information content (AvgIpc) is 2.37. The number of hydrogen-bond donors (Lipinski definition) is 1. The third-order valence-corrected chi connectivity index (χ3v) is 3.20. The number of carboxylic acid groups (broad SMARTS) is 1. The molecule has 4 nitrogen and oxygen atoms in total. The molecule has 0 heterocycles. The van der Waals surface area contributed by atoms with Gasteiger partial charge in [-0.2, -0.15) is 0 Å². The number of rotatable bonds is 12. The van der Waals surface area contributed by atoms with Gasteiger partial charge in [0.05, 0.1) is 12.5 Å². The topological polar surface area (TPSA) is 63.6 Å². The predicted molar refractivity (Wildman–Crippen MR) is 75.0 cm³/mol. The minimum absolute atomic E-state index is 0.158. The van der Waals surface area contributed by atoms with Crippen molar-refractivity contribution in [3.63, 3.8) is 0 Å². The summed E-state index contributed by atoms with van der Waals surface area (Å²) < 4.78 is 5.05. The molecule has 0 aliphatic heterocycles. The summed E-state index contributed by atoms with van der Waals surface area (Å²) in [5.41, 5.74) is 0. The molecule has 19 heavy (non-hydrogen) atoms. The number of unbranched alkanes of at least 4 members (excludes halogenated alkanes) is 3. The van der Waals surface area contributed by atoms with Gasteiger partial charge in [0.15, 0.2) is 0 Å². The van der Waals surface area contributed by atoms with Crippen molar-refractivity contribution in [1.29, 1.82) is 0 Å². The molecule has 0 aliphatic rings. The first-order valence-electron chi connectivity index (χ1n) is 7.50. The van der Waals surface area contributed by atoms with Crippen LogP contribution in [0.25, 0.3) is 0 Å². The predicted octanol–water partition coefficient (Wildman–Crippen LogP) is 3.78. The van der Waals surface area contributed by atoms with Crippen LogP contribution in [-0.4, -0.2) is 23.7 Å². The van der Waals surface area contributed by atoms with Gasteiger partial charge in [0.2, 0.25) is 0 Å². The Bertz CT molecular complexity index is 251. The van der Waals surface area contributed by atoms with E-state index in [4.69, 9.17) is 9.84 Å². The maximum absolute atomic E-state index is 11.3. The van der Waals surface area contributed by atoms with Crippen molar-refractivity contribution in [3.8, 4) is 0 Å². The minimum atomic E-state index is -0.709. The molecular weight excluding hydrogens is 244 g/mol.